The van der Waals surface area contributed by atoms with E-state index in [0.29, 0.717) is 17.7 Å². The maximum Gasteiger partial charge on any atom is 0.246 e. The fourth-order valence-corrected chi connectivity index (χ4v) is 2.42. The van der Waals surface area contributed by atoms with Gasteiger partial charge in [0.25, 0.3) is 0 Å². The van der Waals surface area contributed by atoms with Gasteiger partial charge in [0.05, 0.1) is 12.6 Å². The number of ether oxygens (including phenoxy) is 1. The minimum atomic E-state index is -0.849. The van der Waals surface area contributed by atoms with Crippen LogP contribution in [0.5, 0.6) is 0 Å². The molecule has 0 aliphatic carbocycles. The van der Waals surface area contributed by atoms with Gasteiger partial charge in [-0.2, -0.15) is 0 Å². The van der Waals surface area contributed by atoms with Gasteiger partial charge in [0.2, 0.25) is 11.8 Å². The third-order valence-corrected chi connectivity index (χ3v) is 3.48. The number of aliphatic hydroxyl groups excluding tert-OH is 1. The first-order chi connectivity index (χ1) is 10.7. The van der Waals surface area contributed by atoms with E-state index in [1.165, 1.54) is 0 Å². The number of benzene rings is 1. The van der Waals surface area contributed by atoms with Gasteiger partial charge in [-0.15, -0.1) is 0 Å². The van der Waals surface area contributed by atoms with Crippen LogP contribution in [0, 0.1) is 5.41 Å². The number of rotatable bonds is 4. The zero-order valence-corrected chi connectivity index (χ0v) is 13.8. The zero-order chi connectivity index (χ0) is 17.0. The van der Waals surface area contributed by atoms with Gasteiger partial charge in [-0.3, -0.25) is 9.59 Å². The van der Waals surface area contributed by atoms with Gasteiger partial charge in [-0.05, 0) is 23.1 Å². The van der Waals surface area contributed by atoms with E-state index in [-0.39, 0.29) is 30.4 Å². The van der Waals surface area contributed by atoms with Gasteiger partial charge in [0.1, 0.15) is 12.7 Å². The number of morpholine rings is 1. The SMILES string of the molecule is CC(C)(C)CC(=O)Nc1ccc([C@@H](O)[C@H]2COCC(=O)N2)cc1. The van der Waals surface area contributed by atoms with Crippen molar-refractivity contribution in [1.82, 2.24) is 5.32 Å². The maximum absolute atomic E-state index is 11.9. The molecule has 2 atom stereocenters. The lowest BCUT2D eigenvalue weighted by Gasteiger charge is -2.28. The van der Waals surface area contributed by atoms with Crippen molar-refractivity contribution < 1.29 is 19.4 Å². The van der Waals surface area contributed by atoms with Gasteiger partial charge in [0, 0.05) is 12.1 Å². The maximum atomic E-state index is 11.9. The monoisotopic (exact) mass is 320 g/mol. The lowest BCUT2D eigenvalue weighted by molar-refractivity contribution is -0.133. The molecule has 3 N–H and O–H groups in total. The number of hydrogen-bond donors (Lipinski definition) is 3. The minimum absolute atomic E-state index is 0.0297. The summed E-state index contributed by atoms with van der Waals surface area (Å²) >= 11 is 0. The molecular formula is C17H24N2O4. The molecule has 126 valence electrons. The molecule has 1 fully saturated rings. The molecule has 1 heterocycles. The van der Waals surface area contributed by atoms with E-state index in [2.05, 4.69) is 10.6 Å². The van der Waals surface area contributed by atoms with Crippen molar-refractivity contribution >= 4 is 17.5 Å². The molecule has 0 saturated carbocycles. The molecule has 0 unspecified atom stereocenters. The third kappa shape index (κ3) is 5.33. The van der Waals surface area contributed by atoms with Crippen molar-refractivity contribution in [1.29, 1.82) is 0 Å². The highest BCUT2D eigenvalue weighted by molar-refractivity contribution is 5.91. The lowest BCUT2D eigenvalue weighted by Crippen LogP contribution is -2.48. The number of hydrogen-bond acceptors (Lipinski definition) is 4. The van der Waals surface area contributed by atoms with Crippen molar-refractivity contribution in [2.24, 2.45) is 5.41 Å². The standard InChI is InChI=1S/C17H24N2O4/c1-17(2,3)8-14(20)18-12-6-4-11(5-7-12)16(22)13-9-23-10-15(21)19-13/h4-7,13,16,22H,8-10H2,1-3H3,(H,18,20)(H,19,21)/t13-,16-/m1/s1. The summed E-state index contributed by atoms with van der Waals surface area (Å²) in [5.74, 6) is -0.273. The average molecular weight is 320 g/mol. The number of anilines is 1. The predicted molar refractivity (Wildman–Crippen MR) is 86.9 cm³/mol. The zero-order valence-electron chi connectivity index (χ0n) is 13.8. The first kappa shape index (κ1) is 17.4. The van der Waals surface area contributed by atoms with E-state index < -0.39 is 12.1 Å². The number of carbonyl (C=O) groups excluding carboxylic acids is 2. The molecule has 0 radical (unpaired) electrons. The molecular weight excluding hydrogens is 296 g/mol. The first-order valence-electron chi connectivity index (χ1n) is 7.69. The van der Waals surface area contributed by atoms with E-state index in [1.807, 2.05) is 20.8 Å². The van der Waals surface area contributed by atoms with Crippen molar-refractivity contribution in [3.8, 4) is 0 Å². The summed E-state index contributed by atoms with van der Waals surface area (Å²) in [6.45, 7) is 6.32. The Kier molecular flexibility index (Phi) is 5.38. The normalized spacial score (nSPS) is 19.8. The molecule has 23 heavy (non-hydrogen) atoms. The van der Waals surface area contributed by atoms with Crippen LogP contribution in [0.1, 0.15) is 38.9 Å². The summed E-state index contributed by atoms with van der Waals surface area (Å²) in [5.41, 5.74) is 1.27. The van der Waals surface area contributed by atoms with E-state index >= 15 is 0 Å². The summed E-state index contributed by atoms with van der Waals surface area (Å²) in [7, 11) is 0. The molecule has 1 aromatic carbocycles. The Morgan fingerprint density at radius 3 is 2.61 bits per heavy atom. The van der Waals surface area contributed by atoms with Crippen LogP contribution < -0.4 is 10.6 Å². The first-order valence-corrected chi connectivity index (χ1v) is 7.69. The number of aliphatic hydroxyl groups is 1. The Morgan fingerprint density at radius 1 is 1.39 bits per heavy atom. The Balaban J connectivity index is 1.96. The smallest absolute Gasteiger partial charge is 0.246 e. The second kappa shape index (κ2) is 7.10. The topological polar surface area (TPSA) is 87.7 Å². The van der Waals surface area contributed by atoms with Crippen LogP contribution >= 0.6 is 0 Å². The van der Waals surface area contributed by atoms with Crippen LogP contribution in [0.3, 0.4) is 0 Å². The van der Waals surface area contributed by atoms with E-state index in [1.54, 1.807) is 24.3 Å². The minimum Gasteiger partial charge on any atom is -0.386 e. The predicted octanol–water partition coefficient (Wildman–Crippen LogP) is 1.61. The number of amides is 2. The van der Waals surface area contributed by atoms with Crippen molar-refractivity contribution in [3.05, 3.63) is 29.8 Å². The highest BCUT2D eigenvalue weighted by Crippen LogP contribution is 2.22. The van der Waals surface area contributed by atoms with Crippen LogP contribution in [0.4, 0.5) is 5.69 Å². The molecule has 0 bridgehead atoms. The summed E-state index contributed by atoms with van der Waals surface area (Å²) in [4.78, 5) is 23.2. The van der Waals surface area contributed by atoms with Crippen LogP contribution in [0.25, 0.3) is 0 Å². The molecule has 1 aliphatic heterocycles. The third-order valence-electron chi connectivity index (χ3n) is 3.48. The van der Waals surface area contributed by atoms with Crippen molar-refractivity contribution in [2.75, 3.05) is 18.5 Å². The molecule has 0 aromatic heterocycles. The van der Waals surface area contributed by atoms with Gasteiger partial charge in [-0.25, -0.2) is 0 Å². The molecule has 1 aliphatic rings. The summed E-state index contributed by atoms with van der Waals surface area (Å²) in [6, 6.07) is 6.49. The van der Waals surface area contributed by atoms with Crippen LogP contribution in [0.2, 0.25) is 0 Å². The van der Waals surface area contributed by atoms with Gasteiger partial charge in [-0.1, -0.05) is 32.9 Å². The Morgan fingerprint density at radius 2 is 2.04 bits per heavy atom. The number of carbonyl (C=O) groups is 2. The Labute approximate surface area is 136 Å². The fourth-order valence-electron chi connectivity index (χ4n) is 2.42. The van der Waals surface area contributed by atoms with Gasteiger partial charge in [0.15, 0.2) is 0 Å². The molecule has 0 spiro atoms. The van der Waals surface area contributed by atoms with Crippen LogP contribution in [-0.4, -0.2) is 36.2 Å². The molecule has 1 saturated heterocycles. The summed E-state index contributed by atoms with van der Waals surface area (Å²) in [6.07, 6.45) is -0.415. The molecule has 6 nitrogen and oxygen atoms in total. The van der Waals surface area contributed by atoms with Gasteiger partial charge >= 0.3 is 0 Å². The lowest BCUT2D eigenvalue weighted by atomic mass is 9.92. The van der Waals surface area contributed by atoms with E-state index in [0.717, 1.165) is 0 Å². The second-order valence-corrected chi connectivity index (χ2v) is 7.04. The van der Waals surface area contributed by atoms with E-state index in [9.17, 15) is 14.7 Å². The van der Waals surface area contributed by atoms with Crippen LogP contribution in [0.15, 0.2) is 24.3 Å². The highest BCUT2D eigenvalue weighted by Gasteiger charge is 2.26. The Bertz CT molecular complexity index is 563. The summed E-state index contributed by atoms with van der Waals surface area (Å²) < 4.78 is 5.13. The highest BCUT2D eigenvalue weighted by atomic mass is 16.5. The molecule has 2 rings (SSSR count). The quantitative estimate of drug-likeness (QED) is 0.786. The van der Waals surface area contributed by atoms with E-state index in [4.69, 9.17) is 4.74 Å². The summed E-state index contributed by atoms with van der Waals surface area (Å²) in [5, 5.41) is 15.8. The van der Waals surface area contributed by atoms with Crippen LogP contribution in [-0.2, 0) is 14.3 Å². The Hall–Kier alpha value is -1.92. The fraction of sp³-hybridized carbons (Fsp3) is 0.529. The average Bonchev–Trinajstić information content (AvgIpc) is 2.45. The van der Waals surface area contributed by atoms with Crippen molar-refractivity contribution in [3.63, 3.8) is 0 Å². The number of nitrogens with one attached hydrogen (secondary N) is 2. The largest absolute Gasteiger partial charge is 0.386 e. The second-order valence-electron chi connectivity index (χ2n) is 7.04. The van der Waals surface area contributed by atoms with Crippen molar-refractivity contribution in [2.45, 2.75) is 39.3 Å². The molecule has 1 aromatic rings. The van der Waals surface area contributed by atoms with Gasteiger partial charge < -0.3 is 20.5 Å². The molecule has 6 heteroatoms. The molecule has 2 amide bonds.